The number of carbonyl (C=O) groups excluding carboxylic acids is 1. The molecule has 1 amide bonds. The molecule has 0 aromatic heterocycles. The fourth-order valence-corrected chi connectivity index (χ4v) is 1.57. The zero-order valence-electron chi connectivity index (χ0n) is 10.3. The van der Waals surface area contributed by atoms with Gasteiger partial charge in [-0.15, -0.1) is 0 Å². The molecule has 88 valence electrons. The maximum absolute atomic E-state index is 11.9. The van der Waals surface area contributed by atoms with Crippen LogP contribution in [0.15, 0.2) is 18.2 Å². The first-order valence-corrected chi connectivity index (χ1v) is 5.41. The van der Waals surface area contributed by atoms with E-state index in [9.17, 15) is 4.79 Å². The lowest BCUT2D eigenvalue weighted by Gasteiger charge is -2.14. The summed E-state index contributed by atoms with van der Waals surface area (Å²) in [7, 11) is 1.63. The SMILES string of the molecule is COCC(C)NC(=O)c1cc(C)ccc1C. The van der Waals surface area contributed by atoms with E-state index in [0.717, 1.165) is 16.7 Å². The highest BCUT2D eigenvalue weighted by Gasteiger charge is 2.11. The Morgan fingerprint density at radius 1 is 1.44 bits per heavy atom. The van der Waals surface area contributed by atoms with Crippen LogP contribution in [-0.4, -0.2) is 25.7 Å². The fourth-order valence-electron chi connectivity index (χ4n) is 1.57. The van der Waals surface area contributed by atoms with Gasteiger partial charge in [-0.25, -0.2) is 0 Å². The Morgan fingerprint density at radius 2 is 2.12 bits per heavy atom. The largest absolute Gasteiger partial charge is 0.383 e. The van der Waals surface area contributed by atoms with Crippen molar-refractivity contribution in [2.45, 2.75) is 26.8 Å². The maximum Gasteiger partial charge on any atom is 0.251 e. The van der Waals surface area contributed by atoms with Crippen molar-refractivity contribution in [2.75, 3.05) is 13.7 Å². The normalized spacial score (nSPS) is 12.2. The summed E-state index contributed by atoms with van der Waals surface area (Å²) < 4.78 is 4.98. The molecule has 3 heteroatoms. The summed E-state index contributed by atoms with van der Waals surface area (Å²) in [5.41, 5.74) is 2.82. The quantitative estimate of drug-likeness (QED) is 0.845. The molecule has 1 aromatic rings. The zero-order chi connectivity index (χ0) is 12.1. The first-order chi connectivity index (χ1) is 7.54. The number of amides is 1. The molecule has 1 atom stereocenters. The highest BCUT2D eigenvalue weighted by atomic mass is 16.5. The number of ether oxygens (including phenoxy) is 1. The van der Waals surface area contributed by atoms with Crippen molar-refractivity contribution >= 4 is 5.91 Å². The van der Waals surface area contributed by atoms with E-state index in [1.165, 1.54) is 0 Å². The number of rotatable bonds is 4. The first kappa shape index (κ1) is 12.7. The first-order valence-electron chi connectivity index (χ1n) is 5.41. The summed E-state index contributed by atoms with van der Waals surface area (Å²) >= 11 is 0. The van der Waals surface area contributed by atoms with Crippen LogP contribution in [0.5, 0.6) is 0 Å². The van der Waals surface area contributed by atoms with E-state index in [2.05, 4.69) is 5.32 Å². The topological polar surface area (TPSA) is 38.3 Å². The van der Waals surface area contributed by atoms with E-state index in [1.807, 2.05) is 39.0 Å². The van der Waals surface area contributed by atoms with Crippen molar-refractivity contribution in [1.29, 1.82) is 0 Å². The Morgan fingerprint density at radius 3 is 2.75 bits per heavy atom. The summed E-state index contributed by atoms with van der Waals surface area (Å²) in [5.74, 6) is -0.0363. The maximum atomic E-state index is 11.9. The van der Waals surface area contributed by atoms with Gasteiger partial charge in [-0.3, -0.25) is 4.79 Å². The molecule has 0 heterocycles. The molecule has 1 aromatic carbocycles. The molecular weight excluding hydrogens is 202 g/mol. The van der Waals surface area contributed by atoms with Gasteiger partial charge in [-0.1, -0.05) is 17.7 Å². The molecular formula is C13H19NO2. The van der Waals surface area contributed by atoms with Gasteiger partial charge in [0, 0.05) is 18.7 Å². The summed E-state index contributed by atoms with van der Waals surface area (Å²) in [4.78, 5) is 11.9. The van der Waals surface area contributed by atoms with E-state index in [0.29, 0.717) is 6.61 Å². The minimum Gasteiger partial charge on any atom is -0.383 e. The van der Waals surface area contributed by atoms with Crippen molar-refractivity contribution in [3.63, 3.8) is 0 Å². The van der Waals surface area contributed by atoms with Crippen molar-refractivity contribution in [1.82, 2.24) is 5.32 Å². The van der Waals surface area contributed by atoms with Gasteiger partial charge in [0.05, 0.1) is 6.61 Å². The third kappa shape index (κ3) is 3.35. The molecule has 1 N–H and O–H groups in total. The van der Waals surface area contributed by atoms with Crippen LogP contribution in [0.25, 0.3) is 0 Å². The van der Waals surface area contributed by atoms with Crippen LogP contribution in [0, 0.1) is 13.8 Å². The number of nitrogens with one attached hydrogen (secondary N) is 1. The second kappa shape index (κ2) is 5.66. The van der Waals surface area contributed by atoms with Crippen LogP contribution >= 0.6 is 0 Å². The minimum atomic E-state index is -0.0363. The molecule has 0 aliphatic heterocycles. The number of carbonyl (C=O) groups is 1. The second-order valence-electron chi connectivity index (χ2n) is 4.15. The molecule has 3 nitrogen and oxygen atoms in total. The van der Waals surface area contributed by atoms with Crippen LogP contribution in [-0.2, 0) is 4.74 Å². The van der Waals surface area contributed by atoms with Gasteiger partial charge in [-0.2, -0.15) is 0 Å². The van der Waals surface area contributed by atoms with Gasteiger partial charge in [0.1, 0.15) is 0 Å². The summed E-state index contributed by atoms with van der Waals surface area (Å²) in [6.07, 6.45) is 0. The van der Waals surface area contributed by atoms with Gasteiger partial charge in [0.15, 0.2) is 0 Å². The monoisotopic (exact) mass is 221 g/mol. The number of methoxy groups -OCH3 is 1. The van der Waals surface area contributed by atoms with Crippen molar-refractivity contribution in [3.8, 4) is 0 Å². The predicted molar refractivity (Wildman–Crippen MR) is 64.7 cm³/mol. The molecule has 16 heavy (non-hydrogen) atoms. The molecule has 0 radical (unpaired) electrons. The van der Waals surface area contributed by atoms with Gasteiger partial charge in [-0.05, 0) is 32.4 Å². The molecule has 0 spiro atoms. The van der Waals surface area contributed by atoms with Crippen LogP contribution < -0.4 is 5.32 Å². The highest BCUT2D eigenvalue weighted by Crippen LogP contribution is 2.10. The van der Waals surface area contributed by atoms with Crippen LogP contribution in [0.1, 0.15) is 28.4 Å². The average molecular weight is 221 g/mol. The van der Waals surface area contributed by atoms with E-state index >= 15 is 0 Å². The van der Waals surface area contributed by atoms with E-state index < -0.39 is 0 Å². The minimum absolute atomic E-state index is 0.0254. The highest BCUT2D eigenvalue weighted by molar-refractivity contribution is 5.95. The van der Waals surface area contributed by atoms with Gasteiger partial charge >= 0.3 is 0 Å². The summed E-state index contributed by atoms with van der Waals surface area (Å²) in [5, 5.41) is 2.90. The van der Waals surface area contributed by atoms with E-state index in [1.54, 1.807) is 7.11 Å². The molecule has 0 saturated carbocycles. The predicted octanol–water partition coefficient (Wildman–Crippen LogP) is 2.07. The molecule has 0 bridgehead atoms. The standard InChI is InChI=1S/C13H19NO2/c1-9-5-6-10(2)12(7-9)13(15)14-11(3)8-16-4/h5-7,11H,8H2,1-4H3,(H,14,15). The Balaban J connectivity index is 2.76. The van der Waals surface area contributed by atoms with Crippen molar-refractivity contribution < 1.29 is 9.53 Å². The molecule has 1 unspecified atom stereocenters. The van der Waals surface area contributed by atoms with Gasteiger partial charge in [0.25, 0.3) is 5.91 Å². The third-order valence-corrected chi connectivity index (χ3v) is 2.43. The number of aryl methyl sites for hydroxylation is 2. The van der Waals surface area contributed by atoms with Crippen molar-refractivity contribution in [3.05, 3.63) is 34.9 Å². The van der Waals surface area contributed by atoms with Crippen LogP contribution in [0.2, 0.25) is 0 Å². The molecule has 0 fully saturated rings. The van der Waals surface area contributed by atoms with E-state index in [-0.39, 0.29) is 11.9 Å². The molecule has 0 aliphatic carbocycles. The van der Waals surface area contributed by atoms with Gasteiger partial charge in [0.2, 0.25) is 0 Å². The fraction of sp³-hybridized carbons (Fsp3) is 0.462. The molecule has 0 saturated heterocycles. The molecule has 0 aliphatic rings. The van der Waals surface area contributed by atoms with Crippen LogP contribution in [0.4, 0.5) is 0 Å². The molecule has 1 rings (SSSR count). The second-order valence-corrected chi connectivity index (χ2v) is 4.15. The smallest absolute Gasteiger partial charge is 0.251 e. The third-order valence-electron chi connectivity index (χ3n) is 2.43. The Labute approximate surface area is 96.8 Å². The number of benzene rings is 1. The lowest BCUT2D eigenvalue weighted by molar-refractivity contribution is 0.0905. The van der Waals surface area contributed by atoms with Crippen molar-refractivity contribution in [2.24, 2.45) is 0 Å². The lowest BCUT2D eigenvalue weighted by Crippen LogP contribution is -2.35. The van der Waals surface area contributed by atoms with Gasteiger partial charge < -0.3 is 10.1 Å². The number of hydrogen-bond donors (Lipinski definition) is 1. The summed E-state index contributed by atoms with van der Waals surface area (Å²) in [6, 6.07) is 5.90. The Bertz CT molecular complexity index is 374. The Kier molecular flexibility index (Phi) is 4.50. The van der Waals surface area contributed by atoms with Crippen LogP contribution in [0.3, 0.4) is 0 Å². The zero-order valence-corrected chi connectivity index (χ0v) is 10.3. The lowest BCUT2D eigenvalue weighted by atomic mass is 10.0. The van der Waals surface area contributed by atoms with E-state index in [4.69, 9.17) is 4.74 Å². The summed E-state index contributed by atoms with van der Waals surface area (Å²) in [6.45, 7) is 6.37. The number of hydrogen-bond acceptors (Lipinski definition) is 2. The average Bonchev–Trinajstić information content (AvgIpc) is 2.21. The Hall–Kier alpha value is -1.35.